The lowest BCUT2D eigenvalue weighted by molar-refractivity contribution is -0.129. The van der Waals surface area contributed by atoms with E-state index in [4.69, 9.17) is 9.47 Å². The number of carbonyl (C=O) groups is 2. The van der Waals surface area contributed by atoms with Crippen LogP contribution in [0.25, 0.3) is 10.8 Å². The number of ether oxygens (including phenoxy) is 2. The maximum Gasteiger partial charge on any atom is 0.253 e. The van der Waals surface area contributed by atoms with E-state index in [-0.39, 0.29) is 31.0 Å². The molecule has 1 heterocycles. The smallest absolute Gasteiger partial charge is 0.253 e. The molecule has 0 unspecified atom stereocenters. The third-order valence-corrected chi connectivity index (χ3v) is 6.60. The topological polar surface area (TPSA) is 79.9 Å². The third kappa shape index (κ3) is 4.74. The van der Waals surface area contributed by atoms with Gasteiger partial charge in [0.15, 0.2) is 0 Å². The van der Waals surface area contributed by atoms with E-state index in [1.807, 2.05) is 61.5 Å². The van der Waals surface area contributed by atoms with E-state index in [0.717, 1.165) is 20.8 Å². The fourth-order valence-electron chi connectivity index (χ4n) is 4.27. The summed E-state index contributed by atoms with van der Waals surface area (Å²) in [5.74, 6) is 0.813. The maximum absolute atomic E-state index is 13.8. The van der Waals surface area contributed by atoms with Crippen LogP contribution in [0.1, 0.15) is 18.9 Å². The SMILES string of the molecule is CC[C@H](NC)C(=O)N[C@H]1COc2ccccc2N(Cc2c(OC)ccc3cc(Br)ccc23)C1=O. The molecule has 0 aliphatic carbocycles. The number of nitrogens with zero attached hydrogens (tertiary/aromatic N) is 1. The molecule has 0 radical (unpaired) electrons. The average molecular weight is 526 g/mol. The molecule has 0 bridgehead atoms. The minimum Gasteiger partial charge on any atom is -0.496 e. The molecule has 1 aliphatic rings. The predicted octanol–water partition coefficient (Wildman–Crippen LogP) is 4.02. The number of carbonyl (C=O) groups excluding carboxylic acids is 2. The Morgan fingerprint density at radius 2 is 2.03 bits per heavy atom. The maximum atomic E-state index is 13.8. The number of nitrogens with one attached hydrogen (secondary N) is 2. The number of anilines is 1. The number of benzene rings is 3. The molecule has 1 aliphatic heterocycles. The Kier molecular flexibility index (Phi) is 7.38. The first kappa shape index (κ1) is 24.0. The van der Waals surface area contributed by atoms with Crippen molar-refractivity contribution in [1.82, 2.24) is 10.6 Å². The van der Waals surface area contributed by atoms with Gasteiger partial charge in [-0.25, -0.2) is 0 Å². The van der Waals surface area contributed by atoms with Crippen molar-refractivity contribution in [2.24, 2.45) is 0 Å². The van der Waals surface area contributed by atoms with Gasteiger partial charge >= 0.3 is 0 Å². The molecule has 2 amide bonds. The largest absolute Gasteiger partial charge is 0.496 e. The number of likely N-dealkylation sites (N-methyl/N-ethyl adjacent to an activating group) is 1. The summed E-state index contributed by atoms with van der Waals surface area (Å²) in [5, 5.41) is 7.88. The summed E-state index contributed by atoms with van der Waals surface area (Å²) in [5.41, 5.74) is 1.53. The molecule has 0 aromatic heterocycles. The molecular formula is C26H28BrN3O4. The van der Waals surface area contributed by atoms with Gasteiger partial charge in [0, 0.05) is 10.0 Å². The molecule has 2 N–H and O–H groups in total. The van der Waals surface area contributed by atoms with Gasteiger partial charge in [-0.15, -0.1) is 0 Å². The zero-order valence-electron chi connectivity index (χ0n) is 19.4. The summed E-state index contributed by atoms with van der Waals surface area (Å²) < 4.78 is 12.6. The highest BCUT2D eigenvalue weighted by Crippen LogP contribution is 2.36. The van der Waals surface area contributed by atoms with E-state index < -0.39 is 6.04 Å². The number of amides is 2. The van der Waals surface area contributed by atoms with E-state index in [1.165, 1.54) is 0 Å². The highest BCUT2D eigenvalue weighted by molar-refractivity contribution is 9.10. The molecule has 34 heavy (non-hydrogen) atoms. The molecule has 4 rings (SSSR count). The fraction of sp³-hybridized carbons (Fsp3) is 0.308. The van der Waals surface area contributed by atoms with Crippen molar-refractivity contribution in [2.45, 2.75) is 32.0 Å². The lowest BCUT2D eigenvalue weighted by atomic mass is 10.0. The highest BCUT2D eigenvalue weighted by atomic mass is 79.9. The van der Waals surface area contributed by atoms with Crippen molar-refractivity contribution in [3.8, 4) is 11.5 Å². The predicted molar refractivity (Wildman–Crippen MR) is 136 cm³/mol. The number of halogens is 1. The molecule has 178 valence electrons. The first-order valence-corrected chi connectivity index (χ1v) is 12.0. The van der Waals surface area contributed by atoms with Crippen molar-refractivity contribution >= 4 is 44.2 Å². The van der Waals surface area contributed by atoms with Crippen molar-refractivity contribution in [2.75, 3.05) is 25.7 Å². The van der Waals surface area contributed by atoms with Gasteiger partial charge in [0.25, 0.3) is 5.91 Å². The van der Waals surface area contributed by atoms with Gasteiger partial charge in [0.05, 0.1) is 25.4 Å². The lowest BCUT2D eigenvalue weighted by Crippen LogP contribution is -2.54. The number of para-hydroxylation sites is 2. The second-order valence-corrected chi connectivity index (χ2v) is 9.04. The molecule has 3 aromatic rings. The van der Waals surface area contributed by atoms with E-state index >= 15 is 0 Å². The number of fused-ring (bicyclic) bond motifs is 2. The van der Waals surface area contributed by atoms with Gasteiger partial charge in [-0.05, 0) is 54.6 Å². The van der Waals surface area contributed by atoms with Gasteiger partial charge in [0.1, 0.15) is 24.1 Å². The molecule has 3 aromatic carbocycles. The first-order chi connectivity index (χ1) is 16.5. The van der Waals surface area contributed by atoms with Crippen LogP contribution in [0.4, 0.5) is 5.69 Å². The van der Waals surface area contributed by atoms with Crippen molar-refractivity contribution in [3.05, 3.63) is 64.6 Å². The molecule has 7 nitrogen and oxygen atoms in total. The normalized spacial score (nSPS) is 16.4. The van der Waals surface area contributed by atoms with Gasteiger partial charge < -0.3 is 25.0 Å². The summed E-state index contributed by atoms with van der Waals surface area (Å²) in [7, 11) is 3.35. The Morgan fingerprint density at radius 3 is 2.76 bits per heavy atom. The number of hydrogen-bond acceptors (Lipinski definition) is 5. The number of rotatable bonds is 7. The van der Waals surface area contributed by atoms with Crippen molar-refractivity contribution < 1.29 is 19.1 Å². The minimum atomic E-state index is -0.822. The summed E-state index contributed by atoms with van der Waals surface area (Å²) in [6, 6.07) is 16.1. The van der Waals surface area contributed by atoms with Crippen LogP contribution in [-0.4, -0.2) is 44.7 Å². The van der Waals surface area contributed by atoms with E-state index in [2.05, 4.69) is 26.6 Å². The van der Waals surface area contributed by atoms with Gasteiger partial charge in [-0.2, -0.15) is 0 Å². The highest BCUT2D eigenvalue weighted by Gasteiger charge is 2.34. The Labute approximate surface area is 207 Å². The molecule has 0 saturated heterocycles. The zero-order valence-corrected chi connectivity index (χ0v) is 21.0. The third-order valence-electron chi connectivity index (χ3n) is 6.10. The lowest BCUT2D eigenvalue weighted by Gasteiger charge is -2.27. The monoisotopic (exact) mass is 525 g/mol. The molecule has 0 saturated carbocycles. The Hall–Kier alpha value is -3.10. The van der Waals surface area contributed by atoms with E-state index in [1.54, 1.807) is 19.1 Å². The van der Waals surface area contributed by atoms with Crippen LogP contribution in [0.2, 0.25) is 0 Å². The summed E-state index contributed by atoms with van der Waals surface area (Å²) in [4.78, 5) is 28.2. The van der Waals surface area contributed by atoms with Crippen LogP contribution in [0.3, 0.4) is 0 Å². The van der Waals surface area contributed by atoms with E-state index in [0.29, 0.717) is 23.6 Å². The van der Waals surface area contributed by atoms with Gasteiger partial charge in [-0.3, -0.25) is 9.59 Å². The molecule has 0 spiro atoms. The Balaban J connectivity index is 1.76. The summed E-state index contributed by atoms with van der Waals surface area (Å²) >= 11 is 3.53. The number of hydrogen-bond donors (Lipinski definition) is 2. The second-order valence-electron chi connectivity index (χ2n) is 8.13. The molecule has 2 atom stereocenters. The molecule has 0 fully saturated rings. The van der Waals surface area contributed by atoms with Crippen LogP contribution in [0.15, 0.2) is 59.1 Å². The standard InChI is InChI=1S/C26H28BrN3O4/c1-4-20(28-2)25(31)29-21-15-34-24-8-6-5-7-22(24)30(26(21)32)14-19-18-11-10-17(27)13-16(18)9-12-23(19)33-3/h5-13,20-21,28H,4,14-15H2,1-3H3,(H,29,31)/t20-,21-/m0/s1. The molecular weight excluding hydrogens is 498 g/mol. The zero-order chi connectivity index (χ0) is 24.2. The summed E-state index contributed by atoms with van der Waals surface area (Å²) in [6.45, 7) is 2.23. The fourth-order valence-corrected chi connectivity index (χ4v) is 4.65. The molecule has 8 heteroatoms. The Morgan fingerprint density at radius 1 is 1.24 bits per heavy atom. The average Bonchev–Trinajstić information content (AvgIpc) is 2.97. The number of methoxy groups -OCH3 is 1. The van der Waals surface area contributed by atoms with Crippen LogP contribution in [0, 0.1) is 0 Å². The van der Waals surface area contributed by atoms with Crippen LogP contribution in [-0.2, 0) is 16.1 Å². The van der Waals surface area contributed by atoms with Crippen LogP contribution < -0.4 is 25.0 Å². The second kappa shape index (κ2) is 10.4. The first-order valence-electron chi connectivity index (χ1n) is 11.2. The Bertz CT molecular complexity index is 1210. The van der Waals surface area contributed by atoms with Crippen LogP contribution in [0.5, 0.6) is 11.5 Å². The quantitative estimate of drug-likeness (QED) is 0.487. The summed E-state index contributed by atoms with van der Waals surface area (Å²) in [6.07, 6.45) is 0.608. The van der Waals surface area contributed by atoms with Crippen molar-refractivity contribution in [3.63, 3.8) is 0 Å². The van der Waals surface area contributed by atoms with Gasteiger partial charge in [0.2, 0.25) is 5.91 Å². The van der Waals surface area contributed by atoms with Gasteiger partial charge in [-0.1, -0.05) is 47.1 Å². The minimum absolute atomic E-state index is 0.0534. The van der Waals surface area contributed by atoms with Crippen molar-refractivity contribution in [1.29, 1.82) is 0 Å². The van der Waals surface area contributed by atoms with E-state index in [9.17, 15) is 9.59 Å². The van der Waals surface area contributed by atoms with Crippen LogP contribution >= 0.6 is 15.9 Å².